The fourth-order valence-corrected chi connectivity index (χ4v) is 4.67. The van der Waals surface area contributed by atoms with Gasteiger partial charge in [0.05, 0.1) is 4.90 Å². The van der Waals surface area contributed by atoms with Gasteiger partial charge in [-0.3, -0.25) is 14.5 Å². The third kappa shape index (κ3) is 3.21. The molecule has 1 saturated heterocycles. The van der Waals surface area contributed by atoms with Gasteiger partial charge in [-0.1, -0.05) is 12.1 Å². The van der Waals surface area contributed by atoms with Crippen LogP contribution in [0.5, 0.6) is 0 Å². The molecule has 2 aliphatic rings. The molecule has 0 aliphatic carbocycles. The monoisotopic (exact) mass is 388 g/mol. The second kappa shape index (κ2) is 6.78. The van der Waals surface area contributed by atoms with Crippen molar-refractivity contribution in [2.75, 3.05) is 26.2 Å². The molecule has 2 aliphatic heterocycles. The molecule has 3 heterocycles. The van der Waals surface area contributed by atoms with Gasteiger partial charge in [0, 0.05) is 44.6 Å². The second-order valence-electron chi connectivity index (χ2n) is 6.47. The zero-order chi connectivity index (χ0) is 19.0. The molecule has 1 amide bonds. The number of nitrogens with one attached hydrogen (secondary N) is 2. The number of fused-ring (bicyclic) bond motifs is 1. The second-order valence-corrected chi connectivity index (χ2v) is 8.12. The number of piperazine rings is 1. The van der Waals surface area contributed by atoms with E-state index in [4.69, 9.17) is 0 Å². The first-order valence-electron chi connectivity index (χ1n) is 8.61. The third-order valence-electron chi connectivity index (χ3n) is 4.76. The molecule has 2 N–H and O–H groups in total. The topological polar surface area (TPSA) is 109 Å². The summed E-state index contributed by atoms with van der Waals surface area (Å²) in [6, 6.07) is 6.42. The zero-order valence-electron chi connectivity index (χ0n) is 14.8. The lowest BCUT2D eigenvalue weighted by molar-refractivity contribution is -0.133. The van der Waals surface area contributed by atoms with Crippen LogP contribution in [0.2, 0.25) is 0 Å². The molecular formula is C17H20N6O3S. The van der Waals surface area contributed by atoms with Crippen LogP contribution in [0.4, 0.5) is 0 Å². The summed E-state index contributed by atoms with van der Waals surface area (Å²) in [6.07, 6.45) is 3.55. The highest BCUT2D eigenvalue weighted by Crippen LogP contribution is 2.23. The predicted octanol–water partition coefficient (Wildman–Crippen LogP) is -0.368. The Hall–Kier alpha value is -2.72. The first-order chi connectivity index (χ1) is 13.0. The minimum absolute atomic E-state index is 0.132. The molecule has 0 bridgehead atoms. The van der Waals surface area contributed by atoms with E-state index in [1.165, 1.54) is 6.07 Å². The van der Waals surface area contributed by atoms with Gasteiger partial charge in [-0.05, 0) is 12.1 Å². The third-order valence-corrected chi connectivity index (χ3v) is 6.15. The van der Waals surface area contributed by atoms with Crippen LogP contribution in [0.3, 0.4) is 0 Å². The van der Waals surface area contributed by atoms with E-state index in [0.29, 0.717) is 25.2 Å². The molecule has 1 unspecified atom stereocenters. The van der Waals surface area contributed by atoms with Crippen LogP contribution in [0.15, 0.2) is 46.5 Å². The minimum atomic E-state index is -3.61. The number of amidine groups is 1. The fraction of sp³-hybridized carbons (Fsp3) is 0.353. The quantitative estimate of drug-likeness (QED) is 0.746. The largest absolute Gasteiger partial charge is 0.336 e. The molecule has 4 rings (SSSR count). The highest BCUT2D eigenvalue weighted by Gasteiger charge is 2.32. The van der Waals surface area contributed by atoms with Crippen molar-refractivity contribution < 1.29 is 13.2 Å². The number of hydrogen-bond donors (Lipinski definition) is 2. The van der Waals surface area contributed by atoms with Crippen molar-refractivity contribution in [1.82, 2.24) is 24.5 Å². The van der Waals surface area contributed by atoms with Crippen LogP contribution in [0.1, 0.15) is 17.4 Å². The van der Waals surface area contributed by atoms with Gasteiger partial charge in [0.2, 0.25) is 5.91 Å². The van der Waals surface area contributed by atoms with E-state index in [-0.39, 0.29) is 29.2 Å². The maximum absolute atomic E-state index is 12.8. The molecular weight excluding hydrogens is 368 g/mol. The van der Waals surface area contributed by atoms with Crippen molar-refractivity contribution in [2.45, 2.75) is 10.9 Å². The van der Waals surface area contributed by atoms with E-state index >= 15 is 0 Å². The molecule has 1 aromatic carbocycles. The van der Waals surface area contributed by atoms with Gasteiger partial charge in [-0.2, -0.15) is 0 Å². The number of aryl methyl sites for hydroxylation is 1. The molecule has 2 aromatic rings. The smallest absolute Gasteiger partial charge is 0.263 e. The lowest BCUT2D eigenvalue weighted by Gasteiger charge is -2.35. The Kier molecular flexibility index (Phi) is 4.44. The predicted molar refractivity (Wildman–Crippen MR) is 98.7 cm³/mol. The van der Waals surface area contributed by atoms with Gasteiger partial charge in [0.1, 0.15) is 24.2 Å². The van der Waals surface area contributed by atoms with E-state index in [1.54, 1.807) is 29.3 Å². The average molecular weight is 388 g/mol. The van der Waals surface area contributed by atoms with Crippen molar-refractivity contribution in [1.29, 1.82) is 0 Å². The zero-order valence-corrected chi connectivity index (χ0v) is 15.6. The summed E-state index contributed by atoms with van der Waals surface area (Å²) >= 11 is 0. The molecule has 1 atom stereocenters. The number of sulfonamides is 1. The van der Waals surface area contributed by atoms with Gasteiger partial charge in [0.15, 0.2) is 0 Å². The van der Waals surface area contributed by atoms with Crippen LogP contribution in [0.25, 0.3) is 0 Å². The molecule has 9 nitrogen and oxygen atoms in total. The van der Waals surface area contributed by atoms with Gasteiger partial charge >= 0.3 is 0 Å². The minimum Gasteiger partial charge on any atom is -0.336 e. The van der Waals surface area contributed by atoms with Crippen LogP contribution < -0.4 is 10.0 Å². The lowest BCUT2D eigenvalue weighted by atomic mass is 10.1. The normalized spacial score (nSPS) is 22.5. The molecule has 1 aromatic heterocycles. The molecule has 27 heavy (non-hydrogen) atoms. The fourth-order valence-electron chi connectivity index (χ4n) is 3.42. The number of imidazole rings is 1. The Bertz CT molecular complexity index is 1010. The van der Waals surface area contributed by atoms with Crippen LogP contribution in [-0.2, 0) is 21.9 Å². The highest BCUT2D eigenvalue weighted by molar-refractivity contribution is 7.90. The highest BCUT2D eigenvalue weighted by atomic mass is 32.2. The van der Waals surface area contributed by atoms with Gasteiger partial charge in [0.25, 0.3) is 10.0 Å². The van der Waals surface area contributed by atoms with Crippen LogP contribution in [0, 0.1) is 0 Å². The summed E-state index contributed by atoms with van der Waals surface area (Å²) < 4.78 is 28.6. The number of benzene rings is 1. The average Bonchev–Trinajstić information content (AvgIpc) is 3.21. The molecule has 142 valence electrons. The maximum Gasteiger partial charge on any atom is 0.263 e. The number of nitrogens with zero attached hydrogens (tertiary/aromatic N) is 4. The number of amides is 1. The first-order valence-corrected chi connectivity index (χ1v) is 10.1. The maximum atomic E-state index is 12.8. The van der Waals surface area contributed by atoms with Crippen molar-refractivity contribution in [3.63, 3.8) is 0 Å². The standard InChI is InChI=1S/C17H20N6O3S/c1-22-8-7-19-17(22)13-10-18-6-9-23(13)15(24)11-20-16-12-4-2-3-5-14(12)27(25,26)21-16/h2-5,7-8,13,18H,6,9-11H2,1H3,(H,20,21). The SMILES string of the molecule is Cn1ccnc1C1CNCCN1C(=O)CN=C1NS(=O)(=O)c2ccccc21. The summed E-state index contributed by atoms with van der Waals surface area (Å²) in [5.74, 6) is 0.846. The van der Waals surface area contributed by atoms with Crippen molar-refractivity contribution in [2.24, 2.45) is 12.0 Å². The summed E-state index contributed by atoms with van der Waals surface area (Å²) in [7, 11) is -1.72. The lowest BCUT2D eigenvalue weighted by Crippen LogP contribution is -2.50. The molecule has 0 spiro atoms. The molecule has 1 fully saturated rings. The number of rotatable bonds is 3. The van der Waals surface area contributed by atoms with E-state index in [9.17, 15) is 13.2 Å². The first kappa shape index (κ1) is 17.7. The number of aromatic nitrogens is 2. The molecule has 0 saturated carbocycles. The number of carbonyl (C=O) groups is 1. The summed E-state index contributed by atoms with van der Waals surface area (Å²) in [6.45, 7) is 1.72. The van der Waals surface area contributed by atoms with Crippen molar-refractivity contribution in [3.8, 4) is 0 Å². The van der Waals surface area contributed by atoms with Crippen molar-refractivity contribution >= 4 is 21.8 Å². The van der Waals surface area contributed by atoms with Crippen LogP contribution >= 0.6 is 0 Å². The van der Waals surface area contributed by atoms with E-state index in [2.05, 4.69) is 20.0 Å². The summed E-state index contributed by atoms with van der Waals surface area (Å²) in [5.41, 5.74) is 0.492. The summed E-state index contributed by atoms with van der Waals surface area (Å²) in [4.78, 5) is 23.4. The number of carbonyl (C=O) groups excluding carboxylic acids is 1. The van der Waals surface area contributed by atoms with E-state index in [0.717, 1.165) is 5.82 Å². The number of aliphatic imine (C=N–C) groups is 1. The van der Waals surface area contributed by atoms with Gasteiger partial charge < -0.3 is 14.8 Å². The summed E-state index contributed by atoms with van der Waals surface area (Å²) in [5, 5.41) is 3.28. The Morgan fingerprint density at radius 2 is 2.19 bits per heavy atom. The Balaban J connectivity index is 1.56. The van der Waals surface area contributed by atoms with Gasteiger partial charge in [-0.25, -0.2) is 13.4 Å². The van der Waals surface area contributed by atoms with Gasteiger partial charge in [-0.15, -0.1) is 0 Å². The Morgan fingerprint density at radius 3 is 2.96 bits per heavy atom. The molecule has 0 radical (unpaired) electrons. The Labute approximate surface area is 157 Å². The van der Waals surface area contributed by atoms with E-state index < -0.39 is 10.0 Å². The molecule has 10 heteroatoms. The van der Waals surface area contributed by atoms with Crippen LogP contribution in [-0.4, -0.2) is 60.8 Å². The number of hydrogen-bond acceptors (Lipinski definition) is 6. The van der Waals surface area contributed by atoms with E-state index in [1.807, 2.05) is 17.8 Å². The Morgan fingerprint density at radius 1 is 1.37 bits per heavy atom. The van der Waals surface area contributed by atoms with Crippen molar-refractivity contribution in [3.05, 3.63) is 48.0 Å².